The van der Waals surface area contributed by atoms with Gasteiger partial charge in [0.1, 0.15) is 0 Å². The zero-order chi connectivity index (χ0) is 22.2. The van der Waals surface area contributed by atoms with E-state index in [9.17, 15) is 13.2 Å². The number of hydrogen-bond acceptors (Lipinski definition) is 5. The van der Waals surface area contributed by atoms with Crippen molar-refractivity contribution in [1.82, 2.24) is 9.62 Å². The minimum Gasteiger partial charge on any atom is -0.369 e. The third-order valence-corrected chi connectivity index (χ3v) is 7.48. The lowest BCUT2D eigenvalue weighted by Gasteiger charge is -2.35. The fraction of sp³-hybridized carbons (Fsp3) is 0.435. The van der Waals surface area contributed by atoms with Gasteiger partial charge in [-0.15, -0.1) is 0 Å². The summed E-state index contributed by atoms with van der Waals surface area (Å²) in [5.41, 5.74) is 4.07. The van der Waals surface area contributed by atoms with Gasteiger partial charge in [-0.05, 0) is 75.2 Å². The number of aryl methyl sites for hydroxylation is 2. The Morgan fingerprint density at radius 3 is 2.32 bits per heavy atom. The molecule has 166 valence electrons. The quantitative estimate of drug-likeness (QED) is 0.719. The third-order valence-electron chi connectivity index (χ3n) is 5.96. The van der Waals surface area contributed by atoms with Gasteiger partial charge in [0, 0.05) is 49.2 Å². The van der Waals surface area contributed by atoms with Crippen molar-refractivity contribution >= 4 is 27.3 Å². The van der Waals surface area contributed by atoms with E-state index in [1.54, 1.807) is 19.1 Å². The third kappa shape index (κ3) is 5.08. The summed E-state index contributed by atoms with van der Waals surface area (Å²) >= 11 is 0. The van der Waals surface area contributed by atoms with Crippen LogP contribution in [0, 0.1) is 13.8 Å². The van der Waals surface area contributed by atoms with Crippen molar-refractivity contribution in [3.05, 3.63) is 53.1 Å². The Kier molecular flexibility index (Phi) is 6.05. The second-order valence-electron chi connectivity index (χ2n) is 8.62. The lowest BCUT2D eigenvalue weighted by Crippen LogP contribution is -2.44. The lowest BCUT2D eigenvalue weighted by molar-refractivity contribution is 0.102. The predicted molar refractivity (Wildman–Crippen MR) is 123 cm³/mol. The fourth-order valence-electron chi connectivity index (χ4n) is 3.84. The zero-order valence-corrected chi connectivity index (χ0v) is 19.1. The van der Waals surface area contributed by atoms with Crippen LogP contribution in [0.25, 0.3) is 0 Å². The number of amides is 1. The van der Waals surface area contributed by atoms with Gasteiger partial charge in [0.15, 0.2) is 0 Å². The van der Waals surface area contributed by atoms with Gasteiger partial charge in [-0.1, -0.05) is 6.07 Å². The van der Waals surface area contributed by atoms with Crippen LogP contribution < -0.4 is 14.9 Å². The van der Waals surface area contributed by atoms with E-state index in [2.05, 4.69) is 26.9 Å². The molecule has 0 unspecified atom stereocenters. The molecule has 1 amide bonds. The number of rotatable bonds is 6. The maximum absolute atomic E-state index is 12.9. The highest BCUT2D eigenvalue weighted by Gasteiger charge is 2.28. The molecule has 2 aliphatic rings. The molecular formula is C23H30N4O3S. The van der Waals surface area contributed by atoms with Crippen molar-refractivity contribution < 1.29 is 13.2 Å². The van der Waals surface area contributed by atoms with Gasteiger partial charge in [-0.3, -0.25) is 4.79 Å². The summed E-state index contributed by atoms with van der Waals surface area (Å²) in [4.78, 5) is 17.7. The summed E-state index contributed by atoms with van der Waals surface area (Å²) in [6, 6.07) is 10.6. The highest BCUT2D eigenvalue weighted by molar-refractivity contribution is 7.89. The topological polar surface area (TPSA) is 81.7 Å². The Bertz CT molecular complexity index is 1090. The number of nitrogens with one attached hydrogen (secondary N) is 2. The molecule has 8 heteroatoms. The van der Waals surface area contributed by atoms with Crippen LogP contribution in [0.1, 0.15) is 34.3 Å². The minimum absolute atomic E-state index is 0.0189. The molecule has 2 aromatic rings. The van der Waals surface area contributed by atoms with Crippen molar-refractivity contribution in [2.24, 2.45) is 0 Å². The molecular weight excluding hydrogens is 412 g/mol. The van der Waals surface area contributed by atoms with Crippen LogP contribution >= 0.6 is 0 Å². The van der Waals surface area contributed by atoms with Crippen molar-refractivity contribution in [3.63, 3.8) is 0 Å². The zero-order valence-electron chi connectivity index (χ0n) is 18.3. The van der Waals surface area contributed by atoms with Crippen molar-refractivity contribution in [2.45, 2.75) is 37.6 Å². The largest absolute Gasteiger partial charge is 0.369 e. The van der Waals surface area contributed by atoms with Crippen molar-refractivity contribution in [1.29, 1.82) is 0 Å². The van der Waals surface area contributed by atoms with Crippen LogP contribution in [0.15, 0.2) is 41.3 Å². The number of likely N-dealkylation sites (N-methyl/N-ethyl adjacent to an activating group) is 1. The first-order chi connectivity index (χ1) is 14.7. The SMILES string of the molecule is Cc1ccc(S(=O)(=O)NC2CC2)cc1C(=O)Nc1ccc(N2CCN(C)CC2)c(C)c1. The Balaban J connectivity index is 1.50. The van der Waals surface area contributed by atoms with Gasteiger partial charge in [0.25, 0.3) is 5.91 Å². The number of hydrogen-bond donors (Lipinski definition) is 2. The first-order valence-corrected chi connectivity index (χ1v) is 12.2. The molecule has 1 heterocycles. The molecule has 2 fully saturated rings. The summed E-state index contributed by atoms with van der Waals surface area (Å²) in [5.74, 6) is -0.312. The molecule has 4 rings (SSSR count). The molecule has 1 aliphatic heterocycles. The van der Waals surface area contributed by atoms with Gasteiger partial charge in [0.2, 0.25) is 10.0 Å². The van der Waals surface area contributed by atoms with Crippen molar-refractivity contribution in [3.8, 4) is 0 Å². The smallest absolute Gasteiger partial charge is 0.255 e. The van der Waals surface area contributed by atoms with Gasteiger partial charge in [-0.2, -0.15) is 0 Å². The first-order valence-electron chi connectivity index (χ1n) is 10.7. The summed E-state index contributed by atoms with van der Waals surface area (Å²) in [7, 11) is -1.48. The first kappa shape index (κ1) is 21.8. The minimum atomic E-state index is -3.61. The summed E-state index contributed by atoms with van der Waals surface area (Å²) in [5, 5.41) is 2.93. The average Bonchev–Trinajstić information content (AvgIpc) is 3.52. The summed E-state index contributed by atoms with van der Waals surface area (Å²) in [6.45, 7) is 7.89. The number of benzene rings is 2. The number of carbonyl (C=O) groups is 1. The van der Waals surface area contributed by atoms with Gasteiger partial charge in [-0.25, -0.2) is 13.1 Å². The molecule has 2 N–H and O–H groups in total. The van der Waals surface area contributed by atoms with E-state index in [-0.39, 0.29) is 16.8 Å². The molecule has 0 bridgehead atoms. The molecule has 7 nitrogen and oxygen atoms in total. The summed E-state index contributed by atoms with van der Waals surface area (Å²) < 4.78 is 27.7. The second kappa shape index (κ2) is 8.61. The van der Waals surface area contributed by atoms with E-state index < -0.39 is 10.0 Å². The van der Waals surface area contributed by atoms with Crippen LogP contribution in [-0.2, 0) is 10.0 Å². The van der Waals surface area contributed by atoms with E-state index in [1.807, 2.05) is 25.1 Å². The number of carbonyl (C=O) groups excluding carboxylic acids is 1. The van der Waals surface area contributed by atoms with Crippen LogP contribution in [0.2, 0.25) is 0 Å². The maximum atomic E-state index is 12.9. The normalized spacial score (nSPS) is 17.6. The predicted octanol–water partition coefficient (Wildman–Crippen LogP) is 2.75. The highest BCUT2D eigenvalue weighted by atomic mass is 32.2. The number of anilines is 2. The number of nitrogens with zero attached hydrogens (tertiary/aromatic N) is 2. The highest BCUT2D eigenvalue weighted by Crippen LogP contribution is 2.26. The van der Waals surface area contributed by atoms with Crippen LogP contribution in [0.3, 0.4) is 0 Å². The van der Waals surface area contributed by atoms with Crippen LogP contribution in [0.4, 0.5) is 11.4 Å². The molecule has 0 atom stereocenters. The molecule has 1 saturated heterocycles. The van der Waals surface area contributed by atoms with Crippen LogP contribution in [0.5, 0.6) is 0 Å². The Labute approximate surface area is 184 Å². The molecule has 0 radical (unpaired) electrons. The fourth-order valence-corrected chi connectivity index (χ4v) is 5.17. The van der Waals surface area contributed by atoms with E-state index >= 15 is 0 Å². The lowest BCUT2D eigenvalue weighted by atomic mass is 10.1. The molecule has 0 spiro atoms. The van der Waals surface area contributed by atoms with Gasteiger partial charge < -0.3 is 15.1 Å². The Morgan fingerprint density at radius 2 is 1.68 bits per heavy atom. The molecule has 2 aromatic carbocycles. The van der Waals surface area contributed by atoms with Gasteiger partial charge in [0.05, 0.1) is 4.90 Å². The molecule has 0 aromatic heterocycles. The monoisotopic (exact) mass is 442 g/mol. The molecule has 1 aliphatic carbocycles. The summed E-state index contributed by atoms with van der Waals surface area (Å²) in [6.07, 6.45) is 1.73. The Hall–Kier alpha value is -2.42. The standard InChI is InChI=1S/C23H30N4O3S/c1-16-4-8-20(31(29,30)25-18-5-6-18)15-21(16)23(28)24-19-7-9-22(17(2)14-19)27-12-10-26(3)11-13-27/h4,7-9,14-15,18,25H,5-6,10-13H2,1-3H3,(H,24,28). The number of sulfonamides is 1. The maximum Gasteiger partial charge on any atom is 0.255 e. The molecule has 1 saturated carbocycles. The Morgan fingerprint density at radius 1 is 0.968 bits per heavy atom. The number of piperazine rings is 1. The van der Waals surface area contributed by atoms with E-state index in [1.165, 1.54) is 11.8 Å². The van der Waals surface area contributed by atoms with E-state index in [4.69, 9.17) is 0 Å². The van der Waals surface area contributed by atoms with E-state index in [0.717, 1.165) is 50.1 Å². The van der Waals surface area contributed by atoms with Gasteiger partial charge >= 0.3 is 0 Å². The van der Waals surface area contributed by atoms with Crippen LogP contribution in [-0.4, -0.2) is 58.5 Å². The van der Waals surface area contributed by atoms with Crippen molar-refractivity contribution in [2.75, 3.05) is 43.4 Å². The second-order valence-corrected chi connectivity index (χ2v) is 10.3. The van der Waals surface area contributed by atoms with E-state index in [0.29, 0.717) is 11.3 Å². The average molecular weight is 443 g/mol. The molecule has 31 heavy (non-hydrogen) atoms.